The van der Waals surface area contributed by atoms with Crippen molar-refractivity contribution in [2.45, 2.75) is 6.92 Å². The summed E-state index contributed by atoms with van der Waals surface area (Å²) in [4.78, 5) is 11.8. The largest absolute Gasteiger partial charge is 0.354 e. The molecule has 1 aromatic heterocycles. The van der Waals surface area contributed by atoms with Crippen molar-refractivity contribution in [1.82, 2.24) is 14.8 Å². The number of likely N-dealkylation sites (N-methyl/N-ethyl adjacent to an activating group) is 1. The average Bonchev–Trinajstić information content (AvgIpc) is 2.40. The topological polar surface area (TPSA) is 22.6 Å². The van der Waals surface area contributed by atoms with E-state index < -0.39 is 0 Å². The molecule has 0 aliphatic carbocycles. The van der Waals surface area contributed by atoms with Crippen LogP contribution in [0.2, 0.25) is 0 Å². The van der Waals surface area contributed by atoms with Crippen LogP contribution in [0.25, 0.3) is 0 Å². The standard InChI is InChI=1S/C14H23BrN4/c1-12-13(15)4-5-14(16-12)19-10-8-18(9-11-19)7-6-17(2)3/h4-5H,6-11H2,1-3H3. The molecule has 0 N–H and O–H groups in total. The van der Waals surface area contributed by atoms with Crippen molar-refractivity contribution in [3.63, 3.8) is 0 Å². The maximum atomic E-state index is 4.65. The van der Waals surface area contributed by atoms with E-state index in [0.717, 1.165) is 55.3 Å². The molecule has 1 aliphatic rings. The van der Waals surface area contributed by atoms with Gasteiger partial charge in [-0.2, -0.15) is 0 Å². The van der Waals surface area contributed by atoms with Crippen molar-refractivity contribution in [3.8, 4) is 0 Å². The van der Waals surface area contributed by atoms with Crippen molar-refractivity contribution in [1.29, 1.82) is 0 Å². The van der Waals surface area contributed by atoms with Gasteiger partial charge in [-0.25, -0.2) is 4.98 Å². The fourth-order valence-corrected chi connectivity index (χ4v) is 2.47. The predicted molar refractivity (Wildman–Crippen MR) is 83.9 cm³/mol. The van der Waals surface area contributed by atoms with E-state index in [1.165, 1.54) is 0 Å². The lowest BCUT2D eigenvalue weighted by Gasteiger charge is -2.36. The van der Waals surface area contributed by atoms with Crippen molar-refractivity contribution in [2.24, 2.45) is 0 Å². The molecule has 2 heterocycles. The molecule has 5 heteroatoms. The number of hydrogen-bond acceptors (Lipinski definition) is 4. The molecule has 1 aromatic rings. The maximum Gasteiger partial charge on any atom is 0.128 e. The number of hydrogen-bond donors (Lipinski definition) is 0. The first-order valence-corrected chi connectivity index (χ1v) is 7.61. The van der Waals surface area contributed by atoms with Gasteiger partial charge in [0.25, 0.3) is 0 Å². The van der Waals surface area contributed by atoms with Gasteiger partial charge in [-0.1, -0.05) is 0 Å². The van der Waals surface area contributed by atoms with Crippen LogP contribution in [0.4, 0.5) is 5.82 Å². The molecule has 0 amide bonds. The van der Waals surface area contributed by atoms with E-state index in [-0.39, 0.29) is 0 Å². The normalized spacial score (nSPS) is 17.2. The van der Waals surface area contributed by atoms with Gasteiger partial charge < -0.3 is 9.80 Å². The van der Waals surface area contributed by atoms with Gasteiger partial charge in [0.1, 0.15) is 5.82 Å². The number of anilines is 1. The van der Waals surface area contributed by atoms with E-state index >= 15 is 0 Å². The monoisotopic (exact) mass is 326 g/mol. The first kappa shape index (κ1) is 14.8. The molecule has 0 atom stereocenters. The van der Waals surface area contributed by atoms with Gasteiger partial charge in [-0.15, -0.1) is 0 Å². The second-order valence-corrected chi connectivity index (χ2v) is 6.22. The Morgan fingerprint density at radius 3 is 2.47 bits per heavy atom. The van der Waals surface area contributed by atoms with Gasteiger partial charge >= 0.3 is 0 Å². The second-order valence-electron chi connectivity index (χ2n) is 5.37. The molecule has 0 spiro atoms. The Hall–Kier alpha value is -0.650. The molecule has 1 saturated heterocycles. The average molecular weight is 327 g/mol. The van der Waals surface area contributed by atoms with Crippen LogP contribution in [-0.4, -0.2) is 68.1 Å². The first-order chi connectivity index (χ1) is 9.06. The second kappa shape index (κ2) is 6.68. The molecule has 4 nitrogen and oxygen atoms in total. The summed E-state index contributed by atoms with van der Waals surface area (Å²) in [6, 6.07) is 4.20. The Labute approximate surface area is 124 Å². The highest BCUT2D eigenvalue weighted by Crippen LogP contribution is 2.20. The van der Waals surface area contributed by atoms with E-state index in [1.54, 1.807) is 0 Å². The summed E-state index contributed by atoms with van der Waals surface area (Å²) < 4.78 is 1.08. The molecule has 1 aliphatic heterocycles. The minimum atomic E-state index is 1.06. The molecule has 19 heavy (non-hydrogen) atoms. The van der Waals surface area contributed by atoms with E-state index in [1.807, 2.05) is 6.92 Å². The fourth-order valence-electron chi connectivity index (χ4n) is 2.25. The summed E-state index contributed by atoms with van der Waals surface area (Å²) >= 11 is 3.50. The van der Waals surface area contributed by atoms with Gasteiger partial charge in [0.05, 0.1) is 5.69 Å². The first-order valence-electron chi connectivity index (χ1n) is 6.81. The van der Waals surface area contributed by atoms with E-state index in [4.69, 9.17) is 0 Å². The molecule has 0 radical (unpaired) electrons. The fraction of sp³-hybridized carbons (Fsp3) is 0.643. The van der Waals surface area contributed by atoms with Crippen LogP contribution in [0.1, 0.15) is 5.69 Å². The summed E-state index contributed by atoms with van der Waals surface area (Å²) in [5.74, 6) is 1.10. The molecule has 0 saturated carbocycles. The molecule has 0 unspecified atom stereocenters. The number of pyridine rings is 1. The smallest absolute Gasteiger partial charge is 0.128 e. The van der Waals surface area contributed by atoms with Crippen molar-refractivity contribution in [2.75, 3.05) is 58.3 Å². The summed E-state index contributed by atoms with van der Waals surface area (Å²) in [6.45, 7) is 8.74. The number of aromatic nitrogens is 1. The van der Waals surface area contributed by atoms with Crippen LogP contribution in [0.5, 0.6) is 0 Å². The van der Waals surface area contributed by atoms with E-state index in [2.05, 4.69) is 61.8 Å². The number of aryl methyl sites for hydroxylation is 1. The van der Waals surface area contributed by atoms with Crippen molar-refractivity contribution in [3.05, 3.63) is 22.3 Å². The molecule has 2 rings (SSSR count). The predicted octanol–water partition coefficient (Wildman–Crippen LogP) is 1.84. The highest BCUT2D eigenvalue weighted by atomic mass is 79.9. The van der Waals surface area contributed by atoms with Crippen LogP contribution >= 0.6 is 15.9 Å². The molecule has 0 aromatic carbocycles. The molecule has 0 bridgehead atoms. The number of piperazine rings is 1. The molecule has 1 fully saturated rings. The lowest BCUT2D eigenvalue weighted by atomic mass is 10.3. The number of halogens is 1. The van der Waals surface area contributed by atoms with Crippen LogP contribution in [0.3, 0.4) is 0 Å². The van der Waals surface area contributed by atoms with Crippen LogP contribution in [0.15, 0.2) is 16.6 Å². The van der Waals surface area contributed by atoms with Gasteiger partial charge in [0.2, 0.25) is 0 Å². The van der Waals surface area contributed by atoms with E-state index in [0.29, 0.717) is 0 Å². The highest BCUT2D eigenvalue weighted by Gasteiger charge is 2.18. The van der Waals surface area contributed by atoms with E-state index in [9.17, 15) is 0 Å². The molecular weight excluding hydrogens is 304 g/mol. The molecular formula is C14H23BrN4. The van der Waals surface area contributed by atoms with Crippen molar-refractivity contribution >= 4 is 21.7 Å². The van der Waals surface area contributed by atoms with Gasteiger partial charge in [0, 0.05) is 43.7 Å². The Morgan fingerprint density at radius 1 is 1.21 bits per heavy atom. The minimum Gasteiger partial charge on any atom is -0.354 e. The third-order valence-electron chi connectivity index (χ3n) is 3.57. The number of rotatable bonds is 4. The van der Waals surface area contributed by atoms with Crippen LogP contribution < -0.4 is 4.90 Å². The third kappa shape index (κ3) is 4.16. The van der Waals surface area contributed by atoms with Crippen molar-refractivity contribution < 1.29 is 0 Å². The summed E-state index contributed by atoms with van der Waals surface area (Å²) in [7, 11) is 4.26. The highest BCUT2D eigenvalue weighted by molar-refractivity contribution is 9.10. The van der Waals surface area contributed by atoms with Gasteiger partial charge in [-0.3, -0.25) is 4.90 Å². The summed E-state index contributed by atoms with van der Waals surface area (Å²) in [5, 5.41) is 0. The Morgan fingerprint density at radius 2 is 1.89 bits per heavy atom. The summed E-state index contributed by atoms with van der Waals surface area (Å²) in [5.41, 5.74) is 1.06. The van der Waals surface area contributed by atoms with Crippen LogP contribution in [-0.2, 0) is 0 Å². The lowest BCUT2D eigenvalue weighted by molar-refractivity contribution is 0.229. The SMILES string of the molecule is Cc1nc(N2CCN(CCN(C)C)CC2)ccc1Br. The Balaban J connectivity index is 1.87. The van der Waals surface area contributed by atoms with Gasteiger partial charge in [-0.05, 0) is 49.1 Å². The van der Waals surface area contributed by atoms with Gasteiger partial charge in [0.15, 0.2) is 0 Å². The zero-order valence-corrected chi connectivity index (χ0v) is 13.7. The Bertz CT molecular complexity index is 414. The molecule has 106 valence electrons. The maximum absolute atomic E-state index is 4.65. The lowest BCUT2D eigenvalue weighted by Crippen LogP contribution is -2.48. The third-order valence-corrected chi connectivity index (χ3v) is 4.40. The minimum absolute atomic E-state index is 1.06. The summed E-state index contributed by atoms with van der Waals surface area (Å²) in [6.07, 6.45) is 0. The van der Waals surface area contributed by atoms with Crippen LogP contribution in [0, 0.1) is 6.92 Å². The Kier molecular flexibility index (Phi) is 5.19. The zero-order valence-electron chi connectivity index (χ0n) is 12.1. The quantitative estimate of drug-likeness (QED) is 0.842. The number of nitrogens with zero attached hydrogens (tertiary/aromatic N) is 4. The zero-order chi connectivity index (χ0) is 13.8.